The molecule has 4 aromatic rings. The molecule has 7 heterocycles. The van der Waals surface area contributed by atoms with Crippen molar-refractivity contribution in [3.63, 3.8) is 0 Å². The summed E-state index contributed by atoms with van der Waals surface area (Å²) in [4.78, 5) is 35.5. The second-order valence-corrected chi connectivity index (χ2v) is 14.7. The SMILES string of the molecule is COc1nc2c(c(N(C)C3CCN(C(=O)/C=C/c4nc(C5COC5)no4)C3)n1)CCN(c1cccc3cccc(Cl)c13)C2.FC1CC2CCCN2C1. The normalized spacial score (nSPS) is 23.0. The highest BCUT2D eigenvalue weighted by Gasteiger charge is 2.35. The molecule has 2 aromatic heterocycles. The molecule has 3 atom stereocenters. The van der Waals surface area contributed by atoms with Crippen molar-refractivity contribution in [1.82, 2.24) is 29.9 Å². The van der Waals surface area contributed by atoms with Crippen LogP contribution in [0.3, 0.4) is 0 Å². The molecule has 52 heavy (non-hydrogen) atoms. The number of alkyl halides is 1. The van der Waals surface area contributed by atoms with Crippen LogP contribution in [0.2, 0.25) is 5.02 Å². The first-order valence-electron chi connectivity index (χ1n) is 18.2. The molecule has 9 rings (SSSR count). The van der Waals surface area contributed by atoms with Gasteiger partial charge in [0, 0.05) is 74.1 Å². The van der Waals surface area contributed by atoms with Gasteiger partial charge in [0.1, 0.15) is 12.0 Å². The number of amides is 1. The first kappa shape index (κ1) is 34.7. The zero-order valence-corrected chi connectivity index (χ0v) is 30.3. The average molecular weight is 731 g/mol. The molecule has 3 unspecified atom stereocenters. The summed E-state index contributed by atoms with van der Waals surface area (Å²) >= 11 is 6.65. The van der Waals surface area contributed by atoms with E-state index in [1.165, 1.54) is 18.9 Å². The Morgan fingerprint density at radius 3 is 2.71 bits per heavy atom. The number of likely N-dealkylation sites (tertiary alicyclic amines) is 1. The van der Waals surface area contributed by atoms with Gasteiger partial charge in [-0.05, 0) is 56.2 Å². The zero-order valence-electron chi connectivity index (χ0n) is 29.6. The Labute approximate surface area is 307 Å². The second-order valence-electron chi connectivity index (χ2n) is 14.3. The summed E-state index contributed by atoms with van der Waals surface area (Å²) in [7, 11) is 3.63. The number of hydrogen-bond acceptors (Lipinski definition) is 11. The van der Waals surface area contributed by atoms with Gasteiger partial charge in [0.15, 0.2) is 5.82 Å². The van der Waals surface area contributed by atoms with Crippen molar-refractivity contribution in [2.75, 3.05) is 69.9 Å². The van der Waals surface area contributed by atoms with Crippen molar-refractivity contribution in [2.24, 2.45) is 0 Å². The third kappa shape index (κ3) is 7.05. The third-order valence-corrected chi connectivity index (χ3v) is 11.3. The van der Waals surface area contributed by atoms with Crippen molar-refractivity contribution >= 4 is 45.9 Å². The Kier molecular flexibility index (Phi) is 9.99. The Hall–Kier alpha value is -4.33. The maximum atomic E-state index is 13.0. The summed E-state index contributed by atoms with van der Waals surface area (Å²) in [5.41, 5.74) is 3.14. The summed E-state index contributed by atoms with van der Waals surface area (Å²) in [6.07, 6.45) is 7.49. The van der Waals surface area contributed by atoms with Gasteiger partial charge < -0.3 is 28.7 Å². The molecule has 1 amide bonds. The van der Waals surface area contributed by atoms with Crippen molar-refractivity contribution < 1.29 is 23.2 Å². The van der Waals surface area contributed by atoms with E-state index in [-0.39, 0.29) is 17.9 Å². The van der Waals surface area contributed by atoms with Crippen LogP contribution < -0.4 is 14.5 Å². The van der Waals surface area contributed by atoms with Crippen LogP contribution in [0, 0.1) is 0 Å². The second kappa shape index (κ2) is 15.0. The summed E-state index contributed by atoms with van der Waals surface area (Å²) < 4.78 is 28.6. The van der Waals surface area contributed by atoms with E-state index in [4.69, 9.17) is 35.6 Å². The van der Waals surface area contributed by atoms with Crippen molar-refractivity contribution in [3.8, 4) is 6.01 Å². The molecule has 0 radical (unpaired) electrons. The maximum absolute atomic E-state index is 13.0. The van der Waals surface area contributed by atoms with Gasteiger partial charge in [-0.25, -0.2) is 4.39 Å². The van der Waals surface area contributed by atoms with Gasteiger partial charge in [0.25, 0.3) is 5.89 Å². The minimum Gasteiger partial charge on any atom is -0.467 e. The number of likely N-dealkylation sites (N-methyl/N-ethyl adjacent to an activating group) is 1. The molecule has 0 bridgehead atoms. The Bertz CT molecular complexity index is 1940. The van der Waals surface area contributed by atoms with Crippen LogP contribution in [0.4, 0.5) is 15.9 Å². The van der Waals surface area contributed by atoms with Crippen LogP contribution in [0.5, 0.6) is 6.01 Å². The monoisotopic (exact) mass is 730 g/mol. The third-order valence-electron chi connectivity index (χ3n) is 11.0. The van der Waals surface area contributed by atoms with Crippen LogP contribution in [0.15, 0.2) is 47.0 Å². The molecule has 4 saturated heterocycles. The molecule has 5 aliphatic rings. The minimum atomic E-state index is -0.518. The molecule has 14 heteroatoms. The van der Waals surface area contributed by atoms with Gasteiger partial charge in [-0.15, -0.1) is 0 Å². The number of aromatic nitrogens is 4. The smallest absolute Gasteiger partial charge is 0.318 e. The fourth-order valence-electron chi connectivity index (χ4n) is 8.09. The lowest BCUT2D eigenvalue weighted by atomic mass is 10.0. The van der Waals surface area contributed by atoms with E-state index in [0.717, 1.165) is 70.9 Å². The van der Waals surface area contributed by atoms with E-state index in [2.05, 4.69) is 49.1 Å². The topological polar surface area (TPSA) is 113 Å². The Morgan fingerprint density at radius 1 is 1.08 bits per heavy atom. The zero-order chi connectivity index (χ0) is 35.8. The minimum absolute atomic E-state index is 0.0886. The largest absolute Gasteiger partial charge is 0.467 e. The first-order chi connectivity index (χ1) is 25.3. The van der Waals surface area contributed by atoms with E-state index in [1.54, 1.807) is 13.2 Å². The number of rotatable bonds is 7. The molecule has 0 N–H and O–H groups in total. The van der Waals surface area contributed by atoms with Crippen LogP contribution in [-0.4, -0.2) is 114 Å². The standard InChI is InChI=1S/C31H32ClN7O4.C7H12FN/c1-37(21-11-13-39(15-21)27(40)10-9-26-34-29(36-43-26)20-17-42-18-20)30-22-12-14-38(16-24(22)33-31(35-30)41-2)25-8-4-6-19-5-3-7-23(32)28(19)25;8-6-4-7-2-1-3-9(7)5-6/h3-10,20-21H,11-18H2,1-2H3;6-7H,1-5H2/b10-9+;. The Balaban J connectivity index is 0.000000372. The number of ether oxygens (including phenoxy) is 2. The lowest BCUT2D eigenvalue weighted by molar-refractivity contribution is -0.124. The average Bonchev–Trinajstić information content (AvgIpc) is 3.95. The van der Waals surface area contributed by atoms with Gasteiger partial charge >= 0.3 is 6.01 Å². The summed E-state index contributed by atoms with van der Waals surface area (Å²) in [6, 6.07) is 13.3. The highest BCUT2D eigenvalue weighted by molar-refractivity contribution is 6.36. The molecule has 274 valence electrons. The van der Waals surface area contributed by atoms with Crippen LogP contribution >= 0.6 is 11.6 Å². The summed E-state index contributed by atoms with van der Waals surface area (Å²) in [5.74, 6) is 1.87. The lowest BCUT2D eigenvalue weighted by Crippen LogP contribution is -2.39. The van der Waals surface area contributed by atoms with E-state index in [1.807, 2.05) is 24.1 Å². The highest BCUT2D eigenvalue weighted by atomic mass is 35.5. The van der Waals surface area contributed by atoms with E-state index in [0.29, 0.717) is 63.2 Å². The highest BCUT2D eigenvalue weighted by Crippen LogP contribution is 2.37. The molecular formula is C38H44ClFN8O4. The van der Waals surface area contributed by atoms with Gasteiger partial charge in [-0.3, -0.25) is 9.69 Å². The quantitative estimate of drug-likeness (QED) is 0.231. The van der Waals surface area contributed by atoms with E-state index >= 15 is 0 Å². The maximum Gasteiger partial charge on any atom is 0.318 e. The van der Waals surface area contributed by atoms with Crippen molar-refractivity contribution in [3.05, 3.63) is 70.5 Å². The van der Waals surface area contributed by atoms with Gasteiger partial charge in [-0.2, -0.15) is 15.0 Å². The van der Waals surface area contributed by atoms with Crippen LogP contribution in [0.1, 0.15) is 54.6 Å². The summed E-state index contributed by atoms with van der Waals surface area (Å²) in [5, 5.41) is 6.88. The van der Waals surface area contributed by atoms with E-state index in [9.17, 15) is 9.18 Å². The number of carbonyl (C=O) groups is 1. The van der Waals surface area contributed by atoms with Gasteiger partial charge in [0.05, 0.1) is 43.5 Å². The van der Waals surface area contributed by atoms with Crippen LogP contribution in [0.25, 0.3) is 16.8 Å². The number of benzene rings is 2. The van der Waals surface area contributed by atoms with Crippen molar-refractivity contribution in [2.45, 2.75) is 62.8 Å². The fraction of sp³-hybridized carbons (Fsp3) is 0.500. The fourth-order valence-corrected chi connectivity index (χ4v) is 8.37. The predicted octanol–water partition coefficient (Wildman–Crippen LogP) is 5.29. The molecule has 4 fully saturated rings. The molecule has 12 nitrogen and oxygen atoms in total. The first-order valence-corrected chi connectivity index (χ1v) is 18.6. The number of hydrogen-bond donors (Lipinski definition) is 0. The summed E-state index contributed by atoms with van der Waals surface area (Å²) in [6.45, 7) is 5.70. The number of nitrogens with zero attached hydrogens (tertiary/aromatic N) is 8. The van der Waals surface area contributed by atoms with Gasteiger partial charge in [0.2, 0.25) is 5.91 Å². The Morgan fingerprint density at radius 2 is 1.92 bits per heavy atom. The van der Waals surface area contributed by atoms with Crippen LogP contribution in [-0.2, 0) is 22.5 Å². The molecule has 5 aliphatic heterocycles. The molecule has 2 aromatic carbocycles. The number of anilines is 2. The number of carbonyl (C=O) groups excluding carboxylic acids is 1. The predicted molar refractivity (Wildman–Crippen MR) is 197 cm³/mol. The molecule has 0 spiro atoms. The molecule has 0 saturated carbocycles. The lowest BCUT2D eigenvalue weighted by Gasteiger charge is -2.34. The molecule has 0 aliphatic carbocycles. The number of methoxy groups -OCH3 is 1. The molecular weight excluding hydrogens is 687 g/mol. The van der Waals surface area contributed by atoms with E-state index < -0.39 is 6.17 Å². The van der Waals surface area contributed by atoms with Crippen molar-refractivity contribution in [1.29, 1.82) is 0 Å². The number of halogens is 2. The van der Waals surface area contributed by atoms with Gasteiger partial charge in [-0.1, -0.05) is 41.0 Å². The number of fused-ring (bicyclic) bond motifs is 3.